The summed E-state index contributed by atoms with van der Waals surface area (Å²) in [5, 5.41) is 4.13. The molecule has 30 heavy (non-hydrogen) atoms. The summed E-state index contributed by atoms with van der Waals surface area (Å²) < 4.78 is 24.2. The van der Waals surface area contributed by atoms with Gasteiger partial charge in [-0.05, 0) is 30.2 Å². The topological polar surface area (TPSA) is 78.8 Å². The molecule has 2 aromatic carbocycles. The first-order chi connectivity index (χ1) is 14.4. The fourth-order valence-corrected chi connectivity index (χ4v) is 6.76. The van der Waals surface area contributed by atoms with E-state index in [1.165, 1.54) is 17.3 Å². The van der Waals surface area contributed by atoms with Gasteiger partial charge in [0, 0.05) is 17.3 Å². The lowest BCUT2D eigenvalue weighted by Gasteiger charge is -2.26. The van der Waals surface area contributed by atoms with Crippen LogP contribution in [0.1, 0.15) is 5.56 Å². The maximum absolute atomic E-state index is 12.4. The van der Waals surface area contributed by atoms with Crippen LogP contribution in [0.4, 0.5) is 5.69 Å². The number of nitrogens with one attached hydrogen (secondary N) is 1. The van der Waals surface area contributed by atoms with Gasteiger partial charge in [-0.1, -0.05) is 59.8 Å². The number of thioether (sulfide) groups is 1. The third kappa shape index (κ3) is 5.17. The predicted molar refractivity (Wildman–Crippen MR) is 123 cm³/mol. The lowest BCUT2D eigenvalue weighted by atomic mass is 10.1. The fourth-order valence-electron chi connectivity index (χ4n) is 3.76. The maximum Gasteiger partial charge on any atom is 0.234 e. The lowest BCUT2D eigenvalue weighted by molar-refractivity contribution is -0.113. The number of carbonyl (C=O) groups excluding carboxylic acids is 1. The summed E-state index contributed by atoms with van der Waals surface area (Å²) >= 11 is 7.31. The molecule has 0 bridgehead atoms. The average Bonchev–Trinajstić information content (AvgIpc) is 3.17. The van der Waals surface area contributed by atoms with Crippen molar-refractivity contribution >= 4 is 50.0 Å². The summed E-state index contributed by atoms with van der Waals surface area (Å²) in [6, 6.07) is 16.7. The highest BCUT2D eigenvalue weighted by atomic mass is 35.5. The Morgan fingerprint density at radius 2 is 1.97 bits per heavy atom. The zero-order valence-corrected chi connectivity index (χ0v) is 18.6. The Labute approximate surface area is 185 Å². The van der Waals surface area contributed by atoms with E-state index < -0.39 is 9.84 Å². The largest absolute Gasteiger partial charge is 0.345 e. The van der Waals surface area contributed by atoms with Gasteiger partial charge in [-0.3, -0.25) is 9.79 Å². The van der Waals surface area contributed by atoms with Gasteiger partial charge in [-0.15, -0.1) is 0 Å². The zero-order chi connectivity index (χ0) is 21.1. The number of amidine groups is 1. The summed E-state index contributed by atoms with van der Waals surface area (Å²) in [6.07, 6.45) is 0.790. The van der Waals surface area contributed by atoms with E-state index in [0.717, 1.165) is 11.6 Å². The zero-order valence-electron chi connectivity index (χ0n) is 16.2. The molecule has 0 saturated carbocycles. The van der Waals surface area contributed by atoms with Crippen molar-refractivity contribution in [1.82, 2.24) is 4.90 Å². The quantitative estimate of drug-likeness (QED) is 0.712. The highest BCUT2D eigenvalue weighted by Gasteiger charge is 2.46. The molecule has 4 rings (SSSR count). The first-order valence-electron chi connectivity index (χ1n) is 9.67. The highest BCUT2D eigenvalue weighted by molar-refractivity contribution is 8.14. The molecule has 9 heteroatoms. The van der Waals surface area contributed by atoms with Gasteiger partial charge in [-0.25, -0.2) is 8.42 Å². The third-order valence-corrected chi connectivity index (χ3v) is 8.08. The molecule has 1 amide bonds. The molecule has 0 radical (unpaired) electrons. The van der Waals surface area contributed by atoms with Crippen LogP contribution in [-0.2, 0) is 21.1 Å². The van der Waals surface area contributed by atoms with Gasteiger partial charge in [0.15, 0.2) is 15.0 Å². The third-order valence-electron chi connectivity index (χ3n) is 5.14. The van der Waals surface area contributed by atoms with Gasteiger partial charge < -0.3 is 10.2 Å². The van der Waals surface area contributed by atoms with Crippen LogP contribution < -0.4 is 5.32 Å². The number of carbonyl (C=O) groups is 1. The fraction of sp³-hybridized carbons (Fsp3) is 0.333. The van der Waals surface area contributed by atoms with Gasteiger partial charge >= 0.3 is 0 Å². The minimum atomic E-state index is -3.07. The van der Waals surface area contributed by atoms with Gasteiger partial charge in [0.1, 0.15) is 0 Å². The molecule has 0 spiro atoms. The summed E-state index contributed by atoms with van der Waals surface area (Å²) in [7, 11) is -3.07. The number of amides is 1. The molecular weight excluding hydrogens is 442 g/mol. The molecule has 1 saturated heterocycles. The van der Waals surface area contributed by atoms with Gasteiger partial charge in [0.25, 0.3) is 0 Å². The highest BCUT2D eigenvalue weighted by Crippen LogP contribution is 2.31. The summed E-state index contributed by atoms with van der Waals surface area (Å²) in [6.45, 7) is 0.669. The van der Waals surface area contributed by atoms with Crippen molar-refractivity contribution < 1.29 is 13.2 Å². The number of fused-ring (bicyclic) bond motifs is 1. The van der Waals surface area contributed by atoms with Crippen molar-refractivity contribution in [1.29, 1.82) is 0 Å². The molecule has 1 fully saturated rings. The number of anilines is 1. The lowest BCUT2D eigenvalue weighted by Crippen LogP contribution is -2.40. The Hall–Kier alpha value is -2.03. The number of benzene rings is 2. The number of aliphatic imine (C=N–C) groups is 1. The van der Waals surface area contributed by atoms with Crippen LogP contribution in [0.15, 0.2) is 59.6 Å². The minimum Gasteiger partial charge on any atom is -0.345 e. The van der Waals surface area contributed by atoms with Crippen LogP contribution in [0, 0.1) is 0 Å². The van der Waals surface area contributed by atoms with Crippen LogP contribution in [0.25, 0.3) is 0 Å². The Kier molecular flexibility index (Phi) is 6.36. The molecule has 158 valence electrons. The van der Waals surface area contributed by atoms with E-state index in [1.807, 2.05) is 18.2 Å². The number of nitrogens with zero attached hydrogens (tertiary/aromatic N) is 2. The number of sulfone groups is 1. The molecule has 0 aromatic heterocycles. The van der Waals surface area contributed by atoms with Gasteiger partial charge in [-0.2, -0.15) is 0 Å². The van der Waals surface area contributed by atoms with E-state index in [4.69, 9.17) is 11.6 Å². The van der Waals surface area contributed by atoms with Crippen molar-refractivity contribution in [3.63, 3.8) is 0 Å². The number of hydrogen-bond donors (Lipinski definition) is 1. The Bertz CT molecular complexity index is 1060. The summed E-state index contributed by atoms with van der Waals surface area (Å²) in [5.74, 6) is 0.240. The summed E-state index contributed by atoms with van der Waals surface area (Å²) in [4.78, 5) is 19.1. The van der Waals surface area contributed by atoms with E-state index >= 15 is 0 Å². The van der Waals surface area contributed by atoms with Crippen molar-refractivity contribution in [2.45, 2.75) is 18.5 Å². The molecule has 2 aliphatic heterocycles. The Morgan fingerprint density at radius 3 is 2.73 bits per heavy atom. The summed E-state index contributed by atoms with van der Waals surface area (Å²) in [5.41, 5.74) is 1.83. The molecule has 2 heterocycles. The maximum atomic E-state index is 12.4. The average molecular weight is 464 g/mol. The van der Waals surface area contributed by atoms with Crippen LogP contribution in [0.5, 0.6) is 0 Å². The second-order valence-corrected chi connectivity index (χ2v) is 10.9. The van der Waals surface area contributed by atoms with Crippen molar-refractivity contribution in [3.8, 4) is 0 Å². The Balaban J connectivity index is 1.41. The second-order valence-electron chi connectivity index (χ2n) is 7.40. The predicted octanol–water partition coefficient (Wildman–Crippen LogP) is 3.09. The number of rotatable bonds is 6. The van der Waals surface area contributed by atoms with Crippen LogP contribution in [-0.4, -0.2) is 60.3 Å². The Morgan fingerprint density at radius 1 is 1.17 bits per heavy atom. The van der Waals surface area contributed by atoms with E-state index in [0.29, 0.717) is 17.3 Å². The smallest absolute Gasteiger partial charge is 0.234 e. The SMILES string of the molecule is O=C(CSC1=N[C@H]2CS(=O)(=O)C[C@@H]2N1CCc1ccccc1)Nc1cccc(Cl)c1. The van der Waals surface area contributed by atoms with E-state index in [9.17, 15) is 13.2 Å². The van der Waals surface area contributed by atoms with Crippen LogP contribution in [0.2, 0.25) is 5.02 Å². The van der Waals surface area contributed by atoms with Crippen molar-refractivity contribution in [2.24, 2.45) is 4.99 Å². The van der Waals surface area contributed by atoms with Crippen molar-refractivity contribution in [3.05, 3.63) is 65.2 Å². The standard InChI is InChI=1S/C21H22ClN3O3S2/c22-16-7-4-8-17(11-16)23-20(26)12-29-21-24-18-13-30(27,28)14-19(18)25(21)10-9-15-5-2-1-3-6-15/h1-8,11,18-19H,9-10,12-14H2,(H,23,26)/t18-,19-/m0/s1. The molecule has 2 aliphatic rings. The molecular formula is C21H22ClN3O3S2. The van der Waals surface area contributed by atoms with Crippen LogP contribution in [0.3, 0.4) is 0 Å². The first-order valence-corrected chi connectivity index (χ1v) is 12.9. The molecule has 1 N–H and O–H groups in total. The number of halogens is 1. The van der Waals surface area contributed by atoms with Crippen LogP contribution >= 0.6 is 23.4 Å². The molecule has 6 nitrogen and oxygen atoms in total. The molecule has 2 aromatic rings. The monoisotopic (exact) mass is 463 g/mol. The van der Waals surface area contributed by atoms with E-state index in [-0.39, 0.29) is 35.2 Å². The first kappa shape index (κ1) is 21.2. The molecule has 0 unspecified atom stereocenters. The molecule has 2 atom stereocenters. The van der Waals surface area contributed by atoms with E-state index in [1.54, 1.807) is 24.3 Å². The van der Waals surface area contributed by atoms with Crippen molar-refractivity contribution in [2.75, 3.05) is 29.1 Å². The van der Waals surface area contributed by atoms with E-state index in [2.05, 4.69) is 27.3 Å². The normalized spacial score (nSPS) is 21.9. The van der Waals surface area contributed by atoms with Gasteiger partial charge in [0.05, 0.1) is 29.3 Å². The minimum absolute atomic E-state index is 0.0816. The number of hydrogen-bond acceptors (Lipinski definition) is 6. The second kappa shape index (κ2) is 8.99. The molecule has 0 aliphatic carbocycles. The van der Waals surface area contributed by atoms with Gasteiger partial charge in [0.2, 0.25) is 5.91 Å².